The highest BCUT2D eigenvalue weighted by atomic mass is 16.5. The van der Waals surface area contributed by atoms with E-state index in [1.165, 1.54) is 5.56 Å². The van der Waals surface area contributed by atoms with Crippen LogP contribution in [0, 0.1) is 0 Å². The minimum absolute atomic E-state index is 0.103. The highest BCUT2D eigenvalue weighted by Gasteiger charge is 2.14. The van der Waals surface area contributed by atoms with Crippen LogP contribution in [0.3, 0.4) is 0 Å². The van der Waals surface area contributed by atoms with Gasteiger partial charge in [-0.15, -0.1) is 0 Å². The molecule has 0 aliphatic rings. The van der Waals surface area contributed by atoms with Gasteiger partial charge in [-0.1, -0.05) is 19.9 Å². The Hall–Kier alpha value is -1.10. The molecule has 0 heterocycles. The zero-order valence-corrected chi connectivity index (χ0v) is 10.4. The van der Waals surface area contributed by atoms with Gasteiger partial charge < -0.3 is 10.1 Å². The molecule has 1 aromatic rings. The van der Waals surface area contributed by atoms with Crippen molar-refractivity contribution < 1.29 is 4.74 Å². The van der Waals surface area contributed by atoms with Crippen molar-refractivity contribution in [2.45, 2.75) is 25.9 Å². The summed E-state index contributed by atoms with van der Waals surface area (Å²) in [5, 5.41) is 3.09. The third kappa shape index (κ3) is 2.72. The van der Waals surface area contributed by atoms with Crippen molar-refractivity contribution in [1.82, 2.24) is 10.7 Å². The molecule has 0 aliphatic carbocycles. The van der Waals surface area contributed by atoms with Gasteiger partial charge in [0.15, 0.2) is 0 Å². The quantitative estimate of drug-likeness (QED) is 0.402. The van der Waals surface area contributed by atoms with Crippen LogP contribution in [0.25, 0.3) is 0 Å². The maximum atomic E-state index is 5.50. The van der Waals surface area contributed by atoms with Crippen LogP contribution >= 0.6 is 0 Å². The van der Waals surface area contributed by atoms with Crippen LogP contribution in [0.4, 0.5) is 0 Å². The molecule has 0 fully saturated rings. The van der Waals surface area contributed by atoms with Gasteiger partial charge >= 0.3 is 0 Å². The standard InChI is InChI=1S/C12H21N3O/c1-8(2)9-5-6-11(16-4)10(7-9)12(14-3)15-13/h5-8,12,14-15H,13H2,1-4H3. The smallest absolute Gasteiger partial charge is 0.125 e. The lowest BCUT2D eigenvalue weighted by Crippen LogP contribution is -2.36. The summed E-state index contributed by atoms with van der Waals surface area (Å²) in [6.45, 7) is 4.33. The highest BCUT2D eigenvalue weighted by molar-refractivity contribution is 5.40. The molecular formula is C12H21N3O. The summed E-state index contributed by atoms with van der Waals surface area (Å²) in [4.78, 5) is 0. The first-order chi connectivity index (χ1) is 7.63. The summed E-state index contributed by atoms with van der Waals surface area (Å²) in [6.07, 6.45) is -0.103. The Morgan fingerprint density at radius 3 is 2.44 bits per heavy atom. The van der Waals surface area contributed by atoms with E-state index in [0.29, 0.717) is 5.92 Å². The van der Waals surface area contributed by atoms with Gasteiger partial charge in [-0.3, -0.25) is 5.84 Å². The fourth-order valence-electron chi connectivity index (χ4n) is 1.67. The first kappa shape index (κ1) is 13.0. The third-order valence-electron chi connectivity index (χ3n) is 2.69. The molecule has 0 aliphatic heterocycles. The summed E-state index contributed by atoms with van der Waals surface area (Å²) in [7, 11) is 3.52. The van der Waals surface area contributed by atoms with E-state index in [1.54, 1.807) is 7.11 Å². The van der Waals surface area contributed by atoms with Gasteiger partial charge in [-0.2, -0.15) is 0 Å². The van der Waals surface area contributed by atoms with Gasteiger partial charge in [0, 0.05) is 5.56 Å². The van der Waals surface area contributed by atoms with Crippen LogP contribution in [0.15, 0.2) is 18.2 Å². The molecule has 4 N–H and O–H groups in total. The van der Waals surface area contributed by atoms with Gasteiger partial charge in [0.05, 0.1) is 13.3 Å². The average molecular weight is 223 g/mol. The molecule has 0 saturated heterocycles. The molecule has 0 aromatic heterocycles. The van der Waals surface area contributed by atoms with E-state index in [1.807, 2.05) is 13.1 Å². The fourth-order valence-corrected chi connectivity index (χ4v) is 1.67. The zero-order valence-electron chi connectivity index (χ0n) is 10.4. The first-order valence-corrected chi connectivity index (χ1v) is 5.45. The lowest BCUT2D eigenvalue weighted by Gasteiger charge is -2.20. The SMILES string of the molecule is CNC(NN)c1cc(C(C)C)ccc1OC. The summed E-state index contributed by atoms with van der Waals surface area (Å²) < 4.78 is 5.33. The Kier molecular flexibility index (Phi) is 4.73. The summed E-state index contributed by atoms with van der Waals surface area (Å²) in [6, 6.07) is 6.17. The monoisotopic (exact) mass is 223 g/mol. The second kappa shape index (κ2) is 5.84. The maximum absolute atomic E-state index is 5.50. The van der Waals surface area contributed by atoms with E-state index in [2.05, 4.69) is 36.7 Å². The predicted octanol–water partition coefficient (Wildman–Crippen LogP) is 1.50. The first-order valence-electron chi connectivity index (χ1n) is 5.45. The molecule has 90 valence electrons. The molecule has 0 bridgehead atoms. The number of ether oxygens (including phenoxy) is 1. The van der Waals surface area contributed by atoms with E-state index < -0.39 is 0 Å². The molecule has 0 radical (unpaired) electrons. The van der Waals surface area contributed by atoms with E-state index in [-0.39, 0.29) is 6.17 Å². The lowest BCUT2D eigenvalue weighted by molar-refractivity contribution is 0.390. The van der Waals surface area contributed by atoms with Crippen LogP contribution in [0.5, 0.6) is 5.75 Å². The Labute approximate surface area is 97.1 Å². The third-order valence-corrected chi connectivity index (χ3v) is 2.69. The van der Waals surface area contributed by atoms with Crippen molar-refractivity contribution in [2.75, 3.05) is 14.2 Å². The van der Waals surface area contributed by atoms with Crippen molar-refractivity contribution in [1.29, 1.82) is 0 Å². The van der Waals surface area contributed by atoms with Crippen LogP contribution in [0.1, 0.15) is 37.1 Å². The number of methoxy groups -OCH3 is 1. The Balaban J connectivity index is 3.15. The fraction of sp³-hybridized carbons (Fsp3) is 0.500. The normalized spacial score (nSPS) is 12.9. The van der Waals surface area contributed by atoms with Crippen LogP contribution < -0.4 is 21.3 Å². The Bertz CT molecular complexity index is 335. The van der Waals surface area contributed by atoms with Crippen molar-refractivity contribution >= 4 is 0 Å². The van der Waals surface area contributed by atoms with Crippen molar-refractivity contribution in [3.8, 4) is 5.75 Å². The van der Waals surface area contributed by atoms with Gasteiger partial charge in [0.2, 0.25) is 0 Å². The Morgan fingerprint density at radius 2 is 2.00 bits per heavy atom. The van der Waals surface area contributed by atoms with E-state index in [0.717, 1.165) is 11.3 Å². The molecule has 1 atom stereocenters. The minimum Gasteiger partial charge on any atom is -0.496 e. The topological polar surface area (TPSA) is 59.3 Å². The second-order valence-electron chi connectivity index (χ2n) is 4.04. The summed E-state index contributed by atoms with van der Waals surface area (Å²) >= 11 is 0. The largest absolute Gasteiger partial charge is 0.496 e. The van der Waals surface area contributed by atoms with Crippen molar-refractivity contribution in [3.05, 3.63) is 29.3 Å². The molecule has 1 aromatic carbocycles. The van der Waals surface area contributed by atoms with Crippen molar-refractivity contribution in [3.63, 3.8) is 0 Å². The van der Waals surface area contributed by atoms with Gasteiger partial charge in [-0.05, 0) is 30.7 Å². The molecule has 4 heteroatoms. The number of hydrogen-bond acceptors (Lipinski definition) is 4. The second-order valence-corrected chi connectivity index (χ2v) is 4.04. The van der Waals surface area contributed by atoms with E-state index >= 15 is 0 Å². The number of hydrogen-bond donors (Lipinski definition) is 3. The molecule has 1 unspecified atom stereocenters. The molecular weight excluding hydrogens is 202 g/mol. The Morgan fingerprint density at radius 1 is 1.31 bits per heavy atom. The summed E-state index contributed by atoms with van der Waals surface area (Å²) in [5.74, 6) is 6.82. The zero-order chi connectivity index (χ0) is 12.1. The van der Waals surface area contributed by atoms with Crippen LogP contribution in [0.2, 0.25) is 0 Å². The lowest BCUT2D eigenvalue weighted by atomic mass is 9.99. The molecule has 0 spiro atoms. The molecule has 0 amide bonds. The maximum Gasteiger partial charge on any atom is 0.125 e. The molecule has 0 saturated carbocycles. The van der Waals surface area contributed by atoms with Gasteiger partial charge in [-0.25, -0.2) is 5.43 Å². The van der Waals surface area contributed by atoms with Crippen LogP contribution in [-0.2, 0) is 0 Å². The van der Waals surface area contributed by atoms with Gasteiger partial charge in [0.1, 0.15) is 5.75 Å². The van der Waals surface area contributed by atoms with E-state index in [4.69, 9.17) is 10.6 Å². The summed E-state index contributed by atoms with van der Waals surface area (Å²) in [5.41, 5.74) is 5.01. The van der Waals surface area contributed by atoms with Crippen molar-refractivity contribution in [2.24, 2.45) is 5.84 Å². The minimum atomic E-state index is -0.103. The van der Waals surface area contributed by atoms with Gasteiger partial charge in [0.25, 0.3) is 0 Å². The number of nitrogens with two attached hydrogens (primary N) is 1. The molecule has 1 rings (SSSR count). The van der Waals surface area contributed by atoms with Crippen LogP contribution in [-0.4, -0.2) is 14.2 Å². The number of nitrogens with one attached hydrogen (secondary N) is 2. The highest BCUT2D eigenvalue weighted by Crippen LogP contribution is 2.27. The molecule has 16 heavy (non-hydrogen) atoms. The number of hydrazine groups is 1. The average Bonchev–Trinajstić information content (AvgIpc) is 2.30. The van der Waals surface area contributed by atoms with E-state index in [9.17, 15) is 0 Å². The number of rotatable bonds is 5. The number of benzene rings is 1. The predicted molar refractivity (Wildman–Crippen MR) is 66.2 cm³/mol. The molecule has 4 nitrogen and oxygen atoms in total.